The van der Waals surface area contributed by atoms with E-state index in [0.717, 1.165) is 6.42 Å². The SMILES string of the molecule is BrC(CCCc1cccs1)Cc1ccncc1. The van der Waals surface area contributed by atoms with E-state index in [-0.39, 0.29) is 0 Å². The number of thiophene rings is 1. The summed E-state index contributed by atoms with van der Waals surface area (Å²) in [4.78, 5) is 6.10. The molecule has 1 unspecified atom stereocenters. The number of hydrogen-bond acceptors (Lipinski definition) is 2. The maximum Gasteiger partial charge on any atom is 0.0270 e. The highest BCUT2D eigenvalue weighted by molar-refractivity contribution is 9.09. The van der Waals surface area contributed by atoms with E-state index in [1.807, 2.05) is 23.7 Å². The van der Waals surface area contributed by atoms with E-state index in [0.29, 0.717) is 4.83 Å². The lowest BCUT2D eigenvalue weighted by molar-refractivity contribution is 0.704. The Bertz CT molecular complexity index is 413. The average molecular weight is 310 g/mol. The average Bonchev–Trinajstić information content (AvgIpc) is 2.83. The summed E-state index contributed by atoms with van der Waals surface area (Å²) in [6, 6.07) is 8.53. The lowest BCUT2D eigenvalue weighted by atomic mass is 10.1. The molecule has 3 heteroatoms. The number of aromatic nitrogens is 1. The van der Waals surface area contributed by atoms with E-state index in [2.05, 4.69) is 50.6 Å². The Kier molecular flexibility index (Phi) is 5.20. The molecule has 0 spiro atoms. The molecule has 17 heavy (non-hydrogen) atoms. The van der Waals surface area contributed by atoms with Crippen molar-refractivity contribution in [1.29, 1.82) is 0 Å². The third-order valence-corrected chi connectivity index (χ3v) is 4.44. The van der Waals surface area contributed by atoms with Crippen LogP contribution in [0.3, 0.4) is 0 Å². The van der Waals surface area contributed by atoms with E-state index >= 15 is 0 Å². The van der Waals surface area contributed by atoms with E-state index in [1.54, 1.807) is 0 Å². The molecule has 0 N–H and O–H groups in total. The highest BCUT2D eigenvalue weighted by atomic mass is 79.9. The Morgan fingerprint density at radius 2 is 2.06 bits per heavy atom. The molecule has 0 fully saturated rings. The Morgan fingerprint density at radius 3 is 2.76 bits per heavy atom. The number of hydrogen-bond donors (Lipinski definition) is 0. The minimum atomic E-state index is 0.574. The molecule has 0 aliphatic heterocycles. The molecular weight excluding hydrogens is 294 g/mol. The number of pyridine rings is 1. The van der Waals surface area contributed by atoms with Crippen LogP contribution in [0, 0.1) is 0 Å². The molecule has 0 aliphatic rings. The van der Waals surface area contributed by atoms with Gasteiger partial charge in [0.1, 0.15) is 0 Å². The molecule has 0 amide bonds. The number of rotatable bonds is 6. The van der Waals surface area contributed by atoms with Gasteiger partial charge in [0.15, 0.2) is 0 Å². The summed E-state index contributed by atoms with van der Waals surface area (Å²) in [5.41, 5.74) is 1.36. The van der Waals surface area contributed by atoms with Gasteiger partial charge in [-0.25, -0.2) is 0 Å². The van der Waals surface area contributed by atoms with Crippen LogP contribution in [0.15, 0.2) is 42.0 Å². The molecule has 1 nitrogen and oxygen atoms in total. The zero-order valence-electron chi connectivity index (χ0n) is 9.68. The van der Waals surface area contributed by atoms with Gasteiger partial charge in [0, 0.05) is 22.1 Å². The fourth-order valence-electron chi connectivity index (χ4n) is 1.83. The molecule has 2 aromatic heterocycles. The van der Waals surface area contributed by atoms with Crippen molar-refractivity contribution in [2.45, 2.75) is 30.5 Å². The second-order valence-corrected chi connectivity index (χ2v) is 6.46. The lowest BCUT2D eigenvalue weighted by Crippen LogP contribution is -2.03. The van der Waals surface area contributed by atoms with Gasteiger partial charge in [-0.1, -0.05) is 22.0 Å². The zero-order valence-corrected chi connectivity index (χ0v) is 12.1. The van der Waals surface area contributed by atoms with E-state index < -0.39 is 0 Å². The molecule has 1 atom stereocenters. The number of alkyl halides is 1. The highest BCUT2D eigenvalue weighted by Crippen LogP contribution is 2.18. The van der Waals surface area contributed by atoms with Crippen molar-refractivity contribution < 1.29 is 0 Å². The van der Waals surface area contributed by atoms with Crippen molar-refractivity contribution in [2.24, 2.45) is 0 Å². The van der Waals surface area contributed by atoms with Crippen LogP contribution in [0.1, 0.15) is 23.3 Å². The maximum atomic E-state index is 4.03. The van der Waals surface area contributed by atoms with Gasteiger partial charge in [-0.15, -0.1) is 11.3 Å². The van der Waals surface area contributed by atoms with Crippen LogP contribution >= 0.6 is 27.3 Å². The highest BCUT2D eigenvalue weighted by Gasteiger charge is 2.05. The lowest BCUT2D eigenvalue weighted by Gasteiger charge is -2.08. The quantitative estimate of drug-likeness (QED) is 0.717. The summed E-state index contributed by atoms with van der Waals surface area (Å²) in [6.45, 7) is 0. The molecule has 0 saturated carbocycles. The molecular formula is C14H16BrNS. The first-order valence-corrected chi connectivity index (χ1v) is 7.69. The molecule has 2 heterocycles. The van der Waals surface area contributed by atoms with Crippen LogP contribution in [0.2, 0.25) is 0 Å². The van der Waals surface area contributed by atoms with E-state index in [9.17, 15) is 0 Å². The predicted octanol–water partition coefficient (Wildman–Crippen LogP) is 4.47. The molecule has 0 aliphatic carbocycles. The summed E-state index contributed by atoms with van der Waals surface area (Å²) < 4.78 is 0. The molecule has 0 radical (unpaired) electrons. The molecule has 2 aromatic rings. The van der Waals surface area contributed by atoms with Crippen molar-refractivity contribution in [3.05, 3.63) is 52.5 Å². The van der Waals surface area contributed by atoms with Crippen molar-refractivity contribution in [1.82, 2.24) is 4.98 Å². The Balaban J connectivity index is 1.69. The summed E-state index contributed by atoms with van der Waals surface area (Å²) in [5, 5.41) is 2.15. The maximum absolute atomic E-state index is 4.03. The van der Waals surface area contributed by atoms with Crippen LogP contribution in [0.5, 0.6) is 0 Å². The van der Waals surface area contributed by atoms with Crippen molar-refractivity contribution in [3.8, 4) is 0 Å². The van der Waals surface area contributed by atoms with Crippen LogP contribution in [-0.4, -0.2) is 9.81 Å². The molecule has 0 saturated heterocycles. The number of aryl methyl sites for hydroxylation is 1. The topological polar surface area (TPSA) is 12.9 Å². The van der Waals surface area contributed by atoms with Gasteiger partial charge in [0.2, 0.25) is 0 Å². The second-order valence-electron chi connectivity index (χ2n) is 4.13. The fourth-order valence-corrected chi connectivity index (χ4v) is 3.28. The minimum absolute atomic E-state index is 0.574. The van der Waals surface area contributed by atoms with Gasteiger partial charge in [-0.2, -0.15) is 0 Å². The number of halogens is 1. The summed E-state index contributed by atoms with van der Waals surface area (Å²) in [6.07, 6.45) is 8.49. The van der Waals surface area contributed by atoms with Crippen LogP contribution in [0.4, 0.5) is 0 Å². The summed E-state index contributed by atoms with van der Waals surface area (Å²) >= 11 is 5.62. The van der Waals surface area contributed by atoms with E-state index in [4.69, 9.17) is 0 Å². The Hall–Kier alpha value is -0.670. The Labute approximate surface area is 115 Å². The zero-order chi connectivity index (χ0) is 11.9. The monoisotopic (exact) mass is 309 g/mol. The van der Waals surface area contributed by atoms with Gasteiger partial charge in [0.05, 0.1) is 0 Å². The first-order valence-electron chi connectivity index (χ1n) is 5.90. The van der Waals surface area contributed by atoms with Crippen LogP contribution < -0.4 is 0 Å². The smallest absolute Gasteiger partial charge is 0.0270 e. The normalized spacial score (nSPS) is 12.5. The van der Waals surface area contributed by atoms with Gasteiger partial charge in [-0.3, -0.25) is 4.98 Å². The number of nitrogens with zero attached hydrogens (tertiary/aromatic N) is 1. The second kappa shape index (κ2) is 6.92. The van der Waals surface area contributed by atoms with Gasteiger partial charge >= 0.3 is 0 Å². The van der Waals surface area contributed by atoms with Gasteiger partial charge < -0.3 is 0 Å². The third-order valence-electron chi connectivity index (χ3n) is 2.73. The van der Waals surface area contributed by atoms with Crippen LogP contribution in [-0.2, 0) is 12.8 Å². The van der Waals surface area contributed by atoms with Gasteiger partial charge in [0.25, 0.3) is 0 Å². The fraction of sp³-hybridized carbons (Fsp3) is 0.357. The molecule has 90 valence electrons. The van der Waals surface area contributed by atoms with Crippen molar-refractivity contribution in [3.63, 3.8) is 0 Å². The molecule has 0 bridgehead atoms. The summed E-state index contributed by atoms with van der Waals surface area (Å²) in [5.74, 6) is 0. The van der Waals surface area contributed by atoms with Gasteiger partial charge in [-0.05, 0) is 54.8 Å². The molecule has 2 rings (SSSR count). The van der Waals surface area contributed by atoms with Crippen LogP contribution in [0.25, 0.3) is 0 Å². The standard InChI is InChI=1S/C14H16BrNS/c15-13(11-12-6-8-16-9-7-12)3-1-4-14-5-2-10-17-14/h2,5-10,13H,1,3-4,11H2. The largest absolute Gasteiger partial charge is 0.265 e. The summed E-state index contributed by atoms with van der Waals surface area (Å²) in [7, 11) is 0. The molecule has 0 aromatic carbocycles. The third kappa shape index (κ3) is 4.60. The first-order chi connectivity index (χ1) is 8.34. The minimum Gasteiger partial charge on any atom is -0.265 e. The van der Waals surface area contributed by atoms with Crippen molar-refractivity contribution >= 4 is 27.3 Å². The first kappa shape index (κ1) is 12.8. The predicted molar refractivity (Wildman–Crippen MR) is 77.9 cm³/mol. The van der Waals surface area contributed by atoms with Crippen molar-refractivity contribution in [2.75, 3.05) is 0 Å². The van der Waals surface area contributed by atoms with E-state index in [1.165, 1.54) is 29.7 Å². The Morgan fingerprint density at radius 1 is 1.24 bits per heavy atom.